The number of rotatable bonds is 10. The molecular formula is C10H20N4O6. The van der Waals surface area contributed by atoms with E-state index >= 15 is 0 Å². The van der Waals surface area contributed by atoms with Crippen LogP contribution in [0.3, 0.4) is 0 Å². The minimum Gasteiger partial charge on any atom is -0.480 e. The van der Waals surface area contributed by atoms with Crippen LogP contribution >= 0.6 is 0 Å². The Morgan fingerprint density at radius 3 is 2.00 bits per heavy atom. The summed E-state index contributed by atoms with van der Waals surface area (Å²) in [4.78, 5) is 33.7. The molecule has 0 saturated carbocycles. The minimum atomic E-state index is -1.27. The molecule has 0 saturated heterocycles. The van der Waals surface area contributed by atoms with Crippen LogP contribution in [0.4, 0.5) is 0 Å². The summed E-state index contributed by atoms with van der Waals surface area (Å²) in [6.07, 6.45) is 0. The number of amides is 2. The molecule has 0 atom stereocenters. The fourth-order valence-corrected chi connectivity index (χ4v) is 1.17. The molecule has 116 valence electrons. The zero-order valence-electron chi connectivity index (χ0n) is 11.0. The van der Waals surface area contributed by atoms with Crippen LogP contribution < -0.4 is 16.1 Å². The maximum absolute atomic E-state index is 11.7. The van der Waals surface area contributed by atoms with Gasteiger partial charge in [0.25, 0.3) is 11.8 Å². The highest BCUT2D eigenvalue weighted by molar-refractivity contribution is 5.86. The second-order valence-corrected chi connectivity index (χ2v) is 3.71. The number of aliphatic carboxylic acids is 1. The summed E-state index contributed by atoms with van der Waals surface area (Å²) in [6.45, 7) is -0.964. The third-order valence-corrected chi connectivity index (χ3v) is 1.99. The van der Waals surface area contributed by atoms with Crippen LogP contribution in [0.5, 0.6) is 0 Å². The van der Waals surface area contributed by atoms with Crippen molar-refractivity contribution in [3.8, 4) is 0 Å². The molecular weight excluding hydrogens is 272 g/mol. The van der Waals surface area contributed by atoms with Gasteiger partial charge < -0.3 is 26.0 Å². The largest absolute Gasteiger partial charge is 0.480 e. The summed E-state index contributed by atoms with van der Waals surface area (Å²) in [5.41, 5.74) is 2.15. The van der Waals surface area contributed by atoms with Crippen molar-refractivity contribution in [2.45, 2.75) is 0 Å². The van der Waals surface area contributed by atoms with Gasteiger partial charge in [-0.2, -0.15) is 0 Å². The first-order valence-corrected chi connectivity index (χ1v) is 5.96. The molecule has 10 nitrogen and oxygen atoms in total. The quantitative estimate of drug-likeness (QED) is 0.176. The molecule has 20 heavy (non-hydrogen) atoms. The molecule has 2 amide bonds. The lowest BCUT2D eigenvalue weighted by Crippen LogP contribution is -2.53. The molecule has 0 spiro atoms. The predicted octanol–water partition coefficient (Wildman–Crippen LogP) is -3.91. The van der Waals surface area contributed by atoms with Crippen molar-refractivity contribution in [3.63, 3.8) is 0 Å². The number of hydrogen-bond acceptors (Lipinski definition) is 7. The van der Waals surface area contributed by atoms with Crippen LogP contribution in [-0.4, -0.2) is 84.0 Å². The summed E-state index contributed by atoms with van der Waals surface area (Å²) in [7, 11) is 0. The lowest BCUT2D eigenvalue weighted by atomic mass is 10.5. The van der Waals surface area contributed by atoms with Crippen molar-refractivity contribution in [1.82, 2.24) is 21.1 Å². The summed E-state index contributed by atoms with van der Waals surface area (Å²) in [5.74, 6) is -2.52. The van der Waals surface area contributed by atoms with Crippen LogP contribution in [0, 0.1) is 0 Å². The Balaban J connectivity index is 4.28. The third kappa shape index (κ3) is 9.22. The Hall–Kier alpha value is -1.75. The third-order valence-electron chi connectivity index (χ3n) is 1.99. The first kappa shape index (κ1) is 18.2. The zero-order valence-corrected chi connectivity index (χ0v) is 11.0. The number of nitrogens with zero attached hydrogens (tertiary/aromatic N) is 1. The van der Waals surface area contributed by atoms with Gasteiger partial charge in [0, 0.05) is 13.1 Å². The number of carboxylic acid groups (broad SMARTS) is 1. The molecule has 0 rings (SSSR count). The number of aliphatic hydroxyl groups is 2. The van der Waals surface area contributed by atoms with Crippen molar-refractivity contribution >= 4 is 17.8 Å². The van der Waals surface area contributed by atoms with E-state index in [4.69, 9.17) is 15.3 Å². The zero-order chi connectivity index (χ0) is 15.4. The molecule has 0 fully saturated rings. The van der Waals surface area contributed by atoms with E-state index in [1.807, 2.05) is 0 Å². The van der Waals surface area contributed by atoms with Gasteiger partial charge in [0.15, 0.2) is 0 Å². The van der Waals surface area contributed by atoms with Crippen LogP contribution in [0.2, 0.25) is 0 Å². The predicted molar refractivity (Wildman–Crippen MR) is 67.4 cm³/mol. The second-order valence-electron chi connectivity index (χ2n) is 3.71. The number of carboxylic acids is 1. The molecule has 0 bridgehead atoms. The van der Waals surface area contributed by atoms with Crippen LogP contribution in [-0.2, 0) is 14.4 Å². The molecule has 0 heterocycles. The topological polar surface area (TPSA) is 151 Å². The molecule has 10 heteroatoms. The maximum Gasteiger partial charge on any atom is 0.325 e. The fraction of sp³-hybridized carbons (Fsp3) is 0.700. The highest BCUT2D eigenvalue weighted by Gasteiger charge is 2.18. The van der Waals surface area contributed by atoms with Gasteiger partial charge in [0.05, 0.1) is 26.3 Å². The smallest absolute Gasteiger partial charge is 0.325 e. The van der Waals surface area contributed by atoms with Crippen LogP contribution in [0.1, 0.15) is 0 Å². The normalized spacial score (nSPS) is 10.1. The Bertz CT molecular complexity index is 325. The number of carbonyl (C=O) groups is 3. The Morgan fingerprint density at radius 2 is 1.50 bits per heavy atom. The summed E-state index contributed by atoms with van der Waals surface area (Å²) < 4.78 is 0. The number of aliphatic hydroxyl groups excluding tert-OH is 2. The first-order valence-electron chi connectivity index (χ1n) is 5.96. The van der Waals surface area contributed by atoms with Crippen molar-refractivity contribution in [2.75, 3.05) is 45.9 Å². The lowest BCUT2D eigenvalue weighted by molar-refractivity contribution is -0.149. The van der Waals surface area contributed by atoms with Gasteiger partial charge >= 0.3 is 5.97 Å². The number of hydrogen-bond donors (Lipinski definition) is 6. The molecule has 0 radical (unpaired) electrons. The lowest BCUT2D eigenvalue weighted by Gasteiger charge is -2.21. The Kier molecular flexibility index (Phi) is 10.1. The van der Waals surface area contributed by atoms with E-state index in [0.717, 1.165) is 0 Å². The molecule has 0 aliphatic carbocycles. The van der Waals surface area contributed by atoms with Gasteiger partial charge in [-0.25, -0.2) is 5.01 Å². The summed E-state index contributed by atoms with van der Waals surface area (Å²) in [5, 5.41) is 31.6. The number of carbonyl (C=O) groups excluding carboxylic acids is 2. The van der Waals surface area contributed by atoms with Gasteiger partial charge in [0.2, 0.25) is 0 Å². The van der Waals surface area contributed by atoms with E-state index in [1.54, 1.807) is 0 Å². The molecule has 6 N–H and O–H groups in total. The highest BCUT2D eigenvalue weighted by Crippen LogP contribution is 1.85. The fourth-order valence-electron chi connectivity index (χ4n) is 1.17. The summed E-state index contributed by atoms with van der Waals surface area (Å²) >= 11 is 0. The SMILES string of the molecule is O=C(O)CN(NC(=O)CNCCO)C(=O)CNCCO. The summed E-state index contributed by atoms with van der Waals surface area (Å²) in [6, 6.07) is 0. The average molecular weight is 292 g/mol. The van der Waals surface area contributed by atoms with E-state index < -0.39 is 24.3 Å². The first-order chi connectivity index (χ1) is 9.51. The highest BCUT2D eigenvalue weighted by atomic mass is 16.4. The van der Waals surface area contributed by atoms with Crippen molar-refractivity contribution < 1.29 is 29.7 Å². The average Bonchev–Trinajstić information content (AvgIpc) is 2.38. The maximum atomic E-state index is 11.7. The Labute approximate surface area is 115 Å². The van der Waals surface area contributed by atoms with E-state index in [2.05, 4.69) is 16.1 Å². The van der Waals surface area contributed by atoms with Gasteiger partial charge in [-0.3, -0.25) is 19.8 Å². The molecule has 0 aromatic heterocycles. The Morgan fingerprint density at radius 1 is 0.950 bits per heavy atom. The van der Waals surface area contributed by atoms with Crippen molar-refractivity contribution in [1.29, 1.82) is 0 Å². The minimum absolute atomic E-state index is 0.143. The molecule has 0 aromatic carbocycles. The number of hydrazine groups is 1. The van der Waals surface area contributed by atoms with Gasteiger partial charge in [0.1, 0.15) is 6.54 Å². The molecule has 0 aliphatic rings. The van der Waals surface area contributed by atoms with Crippen molar-refractivity contribution in [3.05, 3.63) is 0 Å². The van der Waals surface area contributed by atoms with E-state index in [-0.39, 0.29) is 39.4 Å². The molecule has 0 unspecified atom stereocenters. The van der Waals surface area contributed by atoms with E-state index in [1.165, 1.54) is 0 Å². The number of nitrogens with one attached hydrogen (secondary N) is 3. The van der Waals surface area contributed by atoms with Crippen molar-refractivity contribution in [2.24, 2.45) is 0 Å². The molecule has 0 aliphatic heterocycles. The van der Waals surface area contributed by atoms with E-state index in [0.29, 0.717) is 5.01 Å². The standard InChI is InChI=1S/C10H20N4O6/c15-3-1-11-5-8(17)13-14(7-10(19)20)9(18)6-12-2-4-16/h11-12,15-16H,1-7H2,(H,13,17)(H,19,20). The monoisotopic (exact) mass is 292 g/mol. The van der Waals surface area contributed by atoms with Crippen LogP contribution in [0.25, 0.3) is 0 Å². The van der Waals surface area contributed by atoms with Gasteiger partial charge in [-0.1, -0.05) is 0 Å². The molecule has 0 aromatic rings. The van der Waals surface area contributed by atoms with Crippen LogP contribution in [0.15, 0.2) is 0 Å². The van der Waals surface area contributed by atoms with Gasteiger partial charge in [-0.05, 0) is 0 Å². The second kappa shape index (κ2) is 11.1. The van der Waals surface area contributed by atoms with E-state index in [9.17, 15) is 14.4 Å². The van der Waals surface area contributed by atoms with Gasteiger partial charge in [-0.15, -0.1) is 0 Å².